The van der Waals surface area contributed by atoms with E-state index in [0.29, 0.717) is 30.0 Å². The second-order valence-corrected chi connectivity index (χ2v) is 4.27. The minimum Gasteiger partial charge on any atom is -0.449 e. The Morgan fingerprint density at radius 2 is 2.25 bits per heavy atom. The molecule has 1 aromatic heterocycles. The van der Waals surface area contributed by atoms with Crippen molar-refractivity contribution >= 4 is 11.9 Å². The predicted octanol–water partition coefficient (Wildman–Crippen LogP) is 2.82. The maximum atomic E-state index is 11.3. The van der Waals surface area contributed by atoms with Gasteiger partial charge in [0.2, 0.25) is 0 Å². The summed E-state index contributed by atoms with van der Waals surface area (Å²) in [6.07, 6.45) is -0.499. The van der Waals surface area contributed by atoms with E-state index in [1.54, 1.807) is 13.0 Å². The third-order valence-electron chi connectivity index (χ3n) is 2.47. The normalized spacial score (nSPS) is 12.6. The van der Waals surface area contributed by atoms with Crippen molar-refractivity contribution in [1.29, 1.82) is 0 Å². The highest BCUT2D eigenvalue weighted by Crippen LogP contribution is 2.11. The zero-order chi connectivity index (χ0) is 12.1. The molecule has 0 fully saturated rings. The second-order valence-electron chi connectivity index (χ2n) is 4.27. The van der Waals surface area contributed by atoms with E-state index in [-0.39, 0.29) is 0 Å². The van der Waals surface area contributed by atoms with Gasteiger partial charge in [-0.05, 0) is 18.8 Å². The summed E-state index contributed by atoms with van der Waals surface area (Å²) in [6.45, 7) is 8.38. The van der Waals surface area contributed by atoms with Crippen LogP contribution in [0.15, 0.2) is 10.6 Å². The first-order chi connectivity index (χ1) is 7.49. The van der Waals surface area contributed by atoms with Gasteiger partial charge in [-0.15, -0.1) is 0 Å². The Morgan fingerprint density at radius 1 is 1.56 bits per heavy atom. The summed E-state index contributed by atoms with van der Waals surface area (Å²) in [4.78, 5) is 11.3. The molecule has 0 bridgehead atoms. The van der Waals surface area contributed by atoms with Gasteiger partial charge in [-0.25, -0.2) is 4.79 Å². The van der Waals surface area contributed by atoms with Gasteiger partial charge in [0.05, 0.1) is 6.61 Å². The number of ether oxygens (including phenoxy) is 1. The molecule has 5 nitrogen and oxygen atoms in total. The van der Waals surface area contributed by atoms with Gasteiger partial charge in [0.25, 0.3) is 0 Å². The Hall–Kier alpha value is -1.52. The first-order valence-corrected chi connectivity index (χ1v) is 5.36. The third kappa shape index (κ3) is 3.92. The summed E-state index contributed by atoms with van der Waals surface area (Å²) >= 11 is 0. The van der Waals surface area contributed by atoms with E-state index in [1.165, 1.54) is 0 Å². The Balaban J connectivity index is 2.31. The highest BCUT2D eigenvalue weighted by atomic mass is 16.5. The number of hydrogen-bond donors (Lipinski definition) is 1. The van der Waals surface area contributed by atoms with Gasteiger partial charge in [0.1, 0.15) is 5.76 Å². The summed E-state index contributed by atoms with van der Waals surface area (Å²) < 4.78 is 9.86. The minimum absolute atomic E-state index is 0.338. The number of rotatable bonds is 4. The van der Waals surface area contributed by atoms with E-state index >= 15 is 0 Å². The summed E-state index contributed by atoms with van der Waals surface area (Å²) in [5, 5.41) is 6.12. The number of nitrogens with one attached hydrogen (secondary N) is 1. The van der Waals surface area contributed by atoms with Crippen molar-refractivity contribution in [3.63, 3.8) is 0 Å². The SMILES string of the molecule is Cc1cc(NC(=O)OC[C@@H](C)C(C)C)no1. The number of carbonyl (C=O) groups is 1. The molecule has 0 unspecified atom stereocenters. The maximum absolute atomic E-state index is 11.3. The van der Waals surface area contributed by atoms with Crippen LogP contribution in [0.25, 0.3) is 0 Å². The zero-order valence-corrected chi connectivity index (χ0v) is 10.1. The summed E-state index contributed by atoms with van der Waals surface area (Å²) in [5.41, 5.74) is 0. The summed E-state index contributed by atoms with van der Waals surface area (Å²) in [6, 6.07) is 1.63. The van der Waals surface area contributed by atoms with Crippen molar-refractivity contribution in [2.24, 2.45) is 11.8 Å². The molecule has 1 heterocycles. The largest absolute Gasteiger partial charge is 0.449 e. The average molecular weight is 226 g/mol. The quantitative estimate of drug-likeness (QED) is 0.857. The number of hydrogen-bond acceptors (Lipinski definition) is 4. The number of nitrogens with zero attached hydrogens (tertiary/aromatic N) is 1. The van der Waals surface area contributed by atoms with E-state index in [0.717, 1.165) is 0 Å². The van der Waals surface area contributed by atoms with Crippen molar-refractivity contribution < 1.29 is 14.1 Å². The first kappa shape index (κ1) is 12.5. The van der Waals surface area contributed by atoms with Crippen molar-refractivity contribution in [2.45, 2.75) is 27.7 Å². The topological polar surface area (TPSA) is 64.4 Å². The molecule has 0 radical (unpaired) electrons. The fourth-order valence-corrected chi connectivity index (χ4v) is 0.966. The molecule has 1 N–H and O–H groups in total. The molecule has 1 aromatic rings. The van der Waals surface area contributed by atoms with Crippen molar-refractivity contribution in [2.75, 3.05) is 11.9 Å². The standard InChI is InChI=1S/C11H18N2O3/c1-7(2)8(3)6-15-11(14)12-10-5-9(4)16-13-10/h5,7-8H,6H2,1-4H3,(H,12,13,14)/t8-/m1/s1. The Morgan fingerprint density at radius 3 is 2.75 bits per heavy atom. The second kappa shape index (κ2) is 5.53. The predicted molar refractivity (Wildman–Crippen MR) is 60.2 cm³/mol. The van der Waals surface area contributed by atoms with Crippen LogP contribution in [0.5, 0.6) is 0 Å². The van der Waals surface area contributed by atoms with E-state index < -0.39 is 6.09 Å². The molecule has 1 atom stereocenters. The molecule has 0 saturated carbocycles. The van der Waals surface area contributed by atoms with Gasteiger partial charge >= 0.3 is 6.09 Å². The third-order valence-corrected chi connectivity index (χ3v) is 2.47. The monoisotopic (exact) mass is 226 g/mol. The number of amides is 1. The molecule has 1 rings (SSSR count). The molecular weight excluding hydrogens is 208 g/mol. The molecule has 0 aliphatic rings. The lowest BCUT2D eigenvalue weighted by Crippen LogP contribution is -2.20. The maximum Gasteiger partial charge on any atom is 0.412 e. The molecule has 0 spiro atoms. The van der Waals surface area contributed by atoms with Crippen molar-refractivity contribution in [3.05, 3.63) is 11.8 Å². The lowest BCUT2D eigenvalue weighted by atomic mass is 10.00. The van der Waals surface area contributed by atoms with Crippen LogP contribution in [-0.4, -0.2) is 17.9 Å². The minimum atomic E-state index is -0.499. The number of carbonyl (C=O) groups excluding carboxylic acids is 1. The van der Waals surface area contributed by atoms with Gasteiger partial charge in [0.15, 0.2) is 5.82 Å². The molecule has 90 valence electrons. The van der Waals surface area contributed by atoms with Crippen LogP contribution < -0.4 is 5.32 Å². The highest BCUT2D eigenvalue weighted by Gasteiger charge is 2.11. The average Bonchev–Trinajstić information content (AvgIpc) is 2.60. The van der Waals surface area contributed by atoms with Crippen LogP contribution in [0, 0.1) is 18.8 Å². The molecule has 16 heavy (non-hydrogen) atoms. The lowest BCUT2D eigenvalue weighted by molar-refractivity contribution is 0.132. The van der Waals surface area contributed by atoms with E-state index in [4.69, 9.17) is 9.26 Å². The van der Waals surface area contributed by atoms with Crippen molar-refractivity contribution in [3.8, 4) is 0 Å². The van der Waals surface area contributed by atoms with Crippen LogP contribution >= 0.6 is 0 Å². The molecule has 1 amide bonds. The fraction of sp³-hybridized carbons (Fsp3) is 0.636. The number of anilines is 1. The number of aromatic nitrogens is 1. The smallest absolute Gasteiger partial charge is 0.412 e. The van der Waals surface area contributed by atoms with Gasteiger partial charge in [-0.1, -0.05) is 25.9 Å². The molecule has 5 heteroatoms. The summed E-state index contributed by atoms with van der Waals surface area (Å²) in [5.74, 6) is 1.84. The first-order valence-electron chi connectivity index (χ1n) is 5.36. The molecule has 0 saturated heterocycles. The Kier molecular flexibility index (Phi) is 4.34. The van der Waals surface area contributed by atoms with E-state index in [2.05, 4.69) is 24.3 Å². The van der Waals surface area contributed by atoms with Gasteiger partial charge in [-0.3, -0.25) is 5.32 Å². The van der Waals surface area contributed by atoms with Crippen LogP contribution in [0.4, 0.5) is 10.6 Å². The highest BCUT2D eigenvalue weighted by molar-refractivity contribution is 5.83. The van der Waals surface area contributed by atoms with Crippen LogP contribution in [0.3, 0.4) is 0 Å². The van der Waals surface area contributed by atoms with Crippen LogP contribution in [0.1, 0.15) is 26.5 Å². The van der Waals surface area contributed by atoms with Crippen LogP contribution in [-0.2, 0) is 4.74 Å². The fourth-order valence-electron chi connectivity index (χ4n) is 0.966. The van der Waals surface area contributed by atoms with E-state index in [9.17, 15) is 4.79 Å². The molecule has 0 aliphatic heterocycles. The zero-order valence-electron chi connectivity index (χ0n) is 10.1. The van der Waals surface area contributed by atoms with Gasteiger partial charge < -0.3 is 9.26 Å². The Bertz CT molecular complexity index is 347. The van der Waals surface area contributed by atoms with Crippen LogP contribution in [0.2, 0.25) is 0 Å². The van der Waals surface area contributed by atoms with Gasteiger partial charge in [0, 0.05) is 6.07 Å². The summed E-state index contributed by atoms with van der Waals surface area (Å²) in [7, 11) is 0. The Labute approximate surface area is 95.1 Å². The molecule has 0 aromatic carbocycles. The molecule has 0 aliphatic carbocycles. The lowest BCUT2D eigenvalue weighted by Gasteiger charge is -2.14. The molecular formula is C11H18N2O3. The van der Waals surface area contributed by atoms with Gasteiger partial charge in [-0.2, -0.15) is 0 Å². The van der Waals surface area contributed by atoms with E-state index in [1.807, 2.05) is 6.92 Å². The number of aryl methyl sites for hydroxylation is 1. The van der Waals surface area contributed by atoms with Crippen molar-refractivity contribution in [1.82, 2.24) is 5.16 Å².